The first-order chi connectivity index (χ1) is 9.72. The maximum absolute atomic E-state index is 12.3. The van der Waals surface area contributed by atoms with Crippen LogP contribution < -0.4 is 5.32 Å². The van der Waals surface area contributed by atoms with Crippen molar-refractivity contribution >= 4 is 30.7 Å². The lowest BCUT2D eigenvalue weighted by Gasteiger charge is -2.35. The summed E-state index contributed by atoms with van der Waals surface area (Å²) in [5, 5.41) is 3.63. The van der Waals surface area contributed by atoms with Gasteiger partial charge in [0.25, 0.3) is 0 Å². The highest BCUT2D eigenvalue weighted by Crippen LogP contribution is 2.29. The van der Waals surface area contributed by atoms with E-state index < -0.39 is 0 Å². The number of piperidine rings is 1. The zero-order valence-electron chi connectivity index (χ0n) is 12.9. The monoisotopic (exact) mass is 345 g/mol. The number of nitrogens with one attached hydrogen (secondary N) is 1. The van der Waals surface area contributed by atoms with Crippen LogP contribution in [0.15, 0.2) is 24.5 Å². The summed E-state index contributed by atoms with van der Waals surface area (Å²) >= 11 is 0. The van der Waals surface area contributed by atoms with Gasteiger partial charge in [-0.15, -0.1) is 24.8 Å². The van der Waals surface area contributed by atoms with Gasteiger partial charge in [-0.1, -0.05) is 0 Å². The molecule has 2 aliphatic rings. The molecule has 124 valence electrons. The van der Waals surface area contributed by atoms with Crippen LogP contribution in [-0.2, 0) is 11.2 Å². The van der Waals surface area contributed by atoms with Gasteiger partial charge in [-0.3, -0.25) is 9.78 Å². The Bertz CT molecular complexity index is 460. The van der Waals surface area contributed by atoms with Crippen molar-refractivity contribution < 1.29 is 4.79 Å². The Balaban J connectivity index is 0.00000121. The summed E-state index contributed by atoms with van der Waals surface area (Å²) in [6, 6.07) is 5.66. The molecule has 0 saturated carbocycles. The summed E-state index contributed by atoms with van der Waals surface area (Å²) in [7, 11) is 1.98. The molecular weight excluding hydrogens is 321 g/mol. The highest BCUT2D eigenvalue weighted by Gasteiger charge is 2.36. The number of carbonyl (C=O) groups excluding carboxylic acids is 1. The molecule has 2 bridgehead atoms. The molecule has 0 aliphatic carbocycles. The Kier molecular flexibility index (Phi) is 7.60. The van der Waals surface area contributed by atoms with E-state index >= 15 is 0 Å². The lowest BCUT2D eigenvalue weighted by Crippen LogP contribution is -2.48. The van der Waals surface area contributed by atoms with Gasteiger partial charge in [0.15, 0.2) is 0 Å². The van der Waals surface area contributed by atoms with Crippen molar-refractivity contribution in [2.24, 2.45) is 0 Å². The average molecular weight is 346 g/mol. The van der Waals surface area contributed by atoms with Gasteiger partial charge in [-0.05, 0) is 49.8 Å². The van der Waals surface area contributed by atoms with Crippen LogP contribution in [0.25, 0.3) is 0 Å². The molecule has 3 heterocycles. The van der Waals surface area contributed by atoms with E-state index in [-0.39, 0.29) is 30.7 Å². The molecule has 0 aromatic carbocycles. The molecule has 22 heavy (non-hydrogen) atoms. The molecule has 1 amide bonds. The summed E-state index contributed by atoms with van der Waals surface area (Å²) in [4.78, 5) is 18.3. The lowest BCUT2D eigenvalue weighted by atomic mass is 9.98. The number of halogens is 2. The molecule has 2 unspecified atom stereocenters. The molecule has 0 spiro atoms. The number of pyridine rings is 1. The van der Waals surface area contributed by atoms with Crippen molar-refractivity contribution in [1.29, 1.82) is 0 Å². The SMILES string of the molecule is CN(C(=O)CCc1ccncc1)C1CC2CCC(C1)N2.Cl.Cl. The third-order valence-electron chi connectivity index (χ3n) is 4.77. The third kappa shape index (κ3) is 4.58. The molecular formula is C16H25Cl2N3O. The van der Waals surface area contributed by atoms with Crippen LogP contribution in [0.5, 0.6) is 0 Å². The first-order valence-corrected chi connectivity index (χ1v) is 7.63. The van der Waals surface area contributed by atoms with Crippen LogP contribution >= 0.6 is 24.8 Å². The minimum atomic E-state index is 0. The Morgan fingerprint density at radius 1 is 1.23 bits per heavy atom. The van der Waals surface area contributed by atoms with Crippen LogP contribution in [0.1, 0.15) is 37.7 Å². The van der Waals surface area contributed by atoms with Crippen LogP contribution in [0.4, 0.5) is 0 Å². The van der Waals surface area contributed by atoms with Crippen LogP contribution in [0.3, 0.4) is 0 Å². The maximum Gasteiger partial charge on any atom is 0.222 e. The van der Waals surface area contributed by atoms with E-state index in [0.29, 0.717) is 24.5 Å². The minimum absolute atomic E-state index is 0. The van der Waals surface area contributed by atoms with Gasteiger partial charge in [-0.25, -0.2) is 0 Å². The molecule has 1 aromatic rings. The highest BCUT2D eigenvalue weighted by atomic mass is 35.5. The molecule has 2 atom stereocenters. The molecule has 1 aromatic heterocycles. The van der Waals surface area contributed by atoms with E-state index in [4.69, 9.17) is 0 Å². The van der Waals surface area contributed by atoms with Crippen molar-refractivity contribution in [3.8, 4) is 0 Å². The van der Waals surface area contributed by atoms with E-state index in [1.165, 1.54) is 18.4 Å². The molecule has 0 radical (unpaired) electrons. The number of fused-ring (bicyclic) bond motifs is 2. The number of nitrogens with zero attached hydrogens (tertiary/aromatic N) is 2. The van der Waals surface area contributed by atoms with Gasteiger partial charge in [0.05, 0.1) is 0 Å². The highest BCUT2D eigenvalue weighted by molar-refractivity contribution is 5.85. The van der Waals surface area contributed by atoms with Crippen molar-refractivity contribution in [2.75, 3.05) is 7.05 Å². The Labute approximate surface area is 144 Å². The van der Waals surface area contributed by atoms with Gasteiger partial charge in [-0.2, -0.15) is 0 Å². The van der Waals surface area contributed by atoms with Crippen molar-refractivity contribution in [2.45, 2.75) is 56.7 Å². The normalized spacial score (nSPS) is 25.8. The molecule has 6 heteroatoms. The molecule has 2 aliphatic heterocycles. The second-order valence-electron chi connectivity index (χ2n) is 6.12. The summed E-state index contributed by atoms with van der Waals surface area (Å²) in [6.07, 6.45) is 9.77. The standard InChI is InChI=1S/C16H23N3O.2ClH/c1-19(15-10-13-3-4-14(11-15)18-13)16(20)5-2-12-6-8-17-9-7-12;;/h6-9,13-15,18H,2-5,10-11H2,1H3;2*1H. The average Bonchev–Trinajstić information content (AvgIpc) is 2.83. The number of hydrogen-bond donors (Lipinski definition) is 1. The van der Waals surface area contributed by atoms with E-state index in [9.17, 15) is 4.79 Å². The predicted octanol–water partition coefficient (Wildman–Crippen LogP) is 2.60. The second-order valence-corrected chi connectivity index (χ2v) is 6.12. The molecule has 4 nitrogen and oxygen atoms in total. The number of aromatic nitrogens is 1. The lowest BCUT2D eigenvalue weighted by molar-refractivity contribution is -0.132. The topological polar surface area (TPSA) is 45.2 Å². The summed E-state index contributed by atoms with van der Waals surface area (Å²) in [5.41, 5.74) is 1.19. The molecule has 1 N–H and O–H groups in total. The quantitative estimate of drug-likeness (QED) is 0.912. The van der Waals surface area contributed by atoms with Crippen LogP contribution in [0.2, 0.25) is 0 Å². The Morgan fingerprint density at radius 2 is 1.82 bits per heavy atom. The predicted molar refractivity (Wildman–Crippen MR) is 92.8 cm³/mol. The number of amides is 1. The third-order valence-corrected chi connectivity index (χ3v) is 4.77. The minimum Gasteiger partial charge on any atom is -0.343 e. The maximum atomic E-state index is 12.3. The fraction of sp³-hybridized carbons (Fsp3) is 0.625. The fourth-order valence-corrected chi connectivity index (χ4v) is 3.52. The van der Waals surface area contributed by atoms with Gasteiger partial charge in [0, 0.05) is 44.0 Å². The van der Waals surface area contributed by atoms with Gasteiger partial charge in [0.2, 0.25) is 5.91 Å². The van der Waals surface area contributed by atoms with E-state index in [2.05, 4.69) is 10.3 Å². The van der Waals surface area contributed by atoms with Gasteiger partial charge < -0.3 is 10.2 Å². The molecule has 2 saturated heterocycles. The molecule has 2 fully saturated rings. The van der Waals surface area contributed by atoms with E-state index in [0.717, 1.165) is 19.3 Å². The zero-order chi connectivity index (χ0) is 13.9. The van der Waals surface area contributed by atoms with Crippen LogP contribution in [-0.4, -0.2) is 41.0 Å². The first-order valence-electron chi connectivity index (χ1n) is 7.63. The summed E-state index contributed by atoms with van der Waals surface area (Å²) < 4.78 is 0. The second kappa shape index (κ2) is 8.70. The fourth-order valence-electron chi connectivity index (χ4n) is 3.52. The van der Waals surface area contributed by atoms with Gasteiger partial charge in [0.1, 0.15) is 0 Å². The summed E-state index contributed by atoms with van der Waals surface area (Å²) in [6.45, 7) is 0. The van der Waals surface area contributed by atoms with Gasteiger partial charge >= 0.3 is 0 Å². The zero-order valence-corrected chi connectivity index (χ0v) is 14.5. The number of rotatable bonds is 4. The van der Waals surface area contributed by atoms with Crippen molar-refractivity contribution in [1.82, 2.24) is 15.2 Å². The number of carbonyl (C=O) groups is 1. The van der Waals surface area contributed by atoms with E-state index in [1.807, 2.05) is 24.1 Å². The largest absolute Gasteiger partial charge is 0.343 e. The van der Waals surface area contributed by atoms with Crippen LogP contribution in [0, 0.1) is 0 Å². The van der Waals surface area contributed by atoms with Crippen molar-refractivity contribution in [3.05, 3.63) is 30.1 Å². The molecule has 3 rings (SSSR count). The Hall–Kier alpha value is -0.840. The number of aryl methyl sites for hydroxylation is 1. The Morgan fingerprint density at radius 3 is 2.41 bits per heavy atom. The smallest absolute Gasteiger partial charge is 0.222 e. The first kappa shape index (κ1) is 19.2. The summed E-state index contributed by atoms with van der Waals surface area (Å²) in [5.74, 6) is 0.271. The van der Waals surface area contributed by atoms with E-state index in [1.54, 1.807) is 12.4 Å². The van der Waals surface area contributed by atoms with Crippen molar-refractivity contribution in [3.63, 3.8) is 0 Å². The number of hydrogen-bond acceptors (Lipinski definition) is 3.